The van der Waals surface area contributed by atoms with E-state index in [1.807, 2.05) is 14.0 Å². The number of halogens is 1. The van der Waals surface area contributed by atoms with Gasteiger partial charge < -0.3 is 10.0 Å². The molecule has 2 aliphatic rings. The van der Waals surface area contributed by atoms with Gasteiger partial charge in [-0.25, -0.2) is 9.97 Å². The Morgan fingerprint density at radius 3 is 2.50 bits per heavy atom. The smallest absolute Gasteiger partial charge is 0.137 e. The van der Waals surface area contributed by atoms with Crippen molar-refractivity contribution in [2.45, 2.75) is 63.5 Å². The highest BCUT2D eigenvalue weighted by Gasteiger charge is 2.31. The Labute approximate surface area is 125 Å². The first kappa shape index (κ1) is 14.1. The van der Waals surface area contributed by atoms with E-state index in [1.54, 1.807) is 0 Å². The van der Waals surface area contributed by atoms with Gasteiger partial charge in [0, 0.05) is 18.5 Å². The lowest BCUT2D eigenvalue weighted by Crippen LogP contribution is -2.44. The predicted octanol–water partition coefficient (Wildman–Crippen LogP) is 3.06. The van der Waals surface area contributed by atoms with Crippen LogP contribution in [0.1, 0.15) is 55.8 Å². The SMILES string of the molecule is Cc1c(Cl)nc(C2CC2)nc1N(C)C1CCCCC1O. The van der Waals surface area contributed by atoms with Crippen molar-refractivity contribution in [2.24, 2.45) is 0 Å². The molecule has 110 valence electrons. The molecule has 1 N–H and O–H groups in total. The van der Waals surface area contributed by atoms with Gasteiger partial charge in [0.1, 0.15) is 16.8 Å². The van der Waals surface area contributed by atoms with Gasteiger partial charge in [-0.2, -0.15) is 0 Å². The summed E-state index contributed by atoms with van der Waals surface area (Å²) in [7, 11) is 2.02. The first-order chi connectivity index (χ1) is 9.58. The standard InChI is InChI=1S/C15H22ClN3O/c1-9-13(16)17-14(10-7-8-10)18-15(9)19(2)11-5-3-4-6-12(11)20/h10-12,20H,3-8H2,1-2H3. The molecule has 1 aromatic heterocycles. The fraction of sp³-hybridized carbons (Fsp3) is 0.733. The Balaban J connectivity index is 1.91. The molecule has 2 unspecified atom stereocenters. The van der Waals surface area contributed by atoms with E-state index in [2.05, 4.69) is 9.88 Å². The second-order valence-electron chi connectivity index (χ2n) is 6.13. The first-order valence-corrected chi connectivity index (χ1v) is 7.90. The lowest BCUT2D eigenvalue weighted by atomic mass is 9.91. The summed E-state index contributed by atoms with van der Waals surface area (Å²) in [6.45, 7) is 1.96. The van der Waals surface area contributed by atoms with Crippen LogP contribution in [0.15, 0.2) is 0 Å². The number of hydrogen-bond acceptors (Lipinski definition) is 4. The third kappa shape index (κ3) is 2.63. The van der Waals surface area contributed by atoms with Gasteiger partial charge in [0.15, 0.2) is 0 Å². The van der Waals surface area contributed by atoms with Gasteiger partial charge in [0.05, 0.1) is 12.1 Å². The largest absolute Gasteiger partial charge is 0.391 e. The molecule has 0 aromatic carbocycles. The average molecular weight is 296 g/mol. The van der Waals surface area contributed by atoms with Crippen LogP contribution >= 0.6 is 11.6 Å². The molecule has 0 radical (unpaired) electrons. The van der Waals surface area contributed by atoms with Crippen molar-refractivity contribution in [3.05, 3.63) is 16.5 Å². The number of rotatable bonds is 3. The molecule has 20 heavy (non-hydrogen) atoms. The van der Waals surface area contributed by atoms with Crippen LogP contribution < -0.4 is 4.90 Å². The van der Waals surface area contributed by atoms with Crippen molar-refractivity contribution in [3.8, 4) is 0 Å². The summed E-state index contributed by atoms with van der Waals surface area (Å²) in [6, 6.07) is 0.139. The highest BCUT2D eigenvalue weighted by Crippen LogP contribution is 2.40. The number of aromatic nitrogens is 2. The molecule has 2 aliphatic carbocycles. The zero-order valence-corrected chi connectivity index (χ0v) is 12.9. The zero-order valence-electron chi connectivity index (χ0n) is 12.1. The van der Waals surface area contributed by atoms with E-state index < -0.39 is 0 Å². The number of likely N-dealkylation sites (N-methyl/N-ethyl adjacent to an activating group) is 1. The van der Waals surface area contributed by atoms with Crippen LogP contribution in [0.4, 0.5) is 5.82 Å². The third-order valence-electron chi connectivity index (χ3n) is 4.55. The number of hydrogen-bond donors (Lipinski definition) is 1. The third-order valence-corrected chi connectivity index (χ3v) is 4.91. The van der Waals surface area contributed by atoms with Gasteiger partial charge in [0.25, 0.3) is 0 Å². The minimum Gasteiger partial charge on any atom is -0.391 e. The van der Waals surface area contributed by atoms with E-state index in [0.717, 1.165) is 49.3 Å². The van der Waals surface area contributed by atoms with Crippen LogP contribution in [0, 0.1) is 6.92 Å². The zero-order chi connectivity index (χ0) is 14.3. The normalized spacial score (nSPS) is 26.6. The maximum absolute atomic E-state index is 10.2. The van der Waals surface area contributed by atoms with E-state index >= 15 is 0 Å². The summed E-state index contributed by atoms with van der Waals surface area (Å²) >= 11 is 6.27. The fourth-order valence-electron chi connectivity index (χ4n) is 3.06. The molecule has 2 saturated carbocycles. The Morgan fingerprint density at radius 1 is 1.15 bits per heavy atom. The summed E-state index contributed by atoms with van der Waals surface area (Å²) in [5.41, 5.74) is 0.913. The molecule has 1 aromatic rings. The van der Waals surface area contributed by atoms with Crippen LogP contribution in [0.2, 0.25) is 5.15 Å². The first-order valence-electron chi connectivity index (χ1n) is 7.53. The average Bonchev–Trinajstić information content (AvgIpc) is 3.26. The second-order valence-corrected chi connectivity index (χ2v) is 6.48. The lowest BCUT2D eigenvalue weighted by Gasteiger charge is -2.36. The van der Waals surface area contributed by atoms with Crippen molar-refractivity contribution in [3.63, 3.8) is 0 Å². The van der Waals surface area contributed by atoms with Crippen LogP contribution in [-0.4, -0.2) is 34.3 Å². The highest BCUT2D eigenvalue weighted by molar-refractivity contribution is 6.30. The number of aliphatic hydroxyl groups excluding tert-OH is 1. The summed E-state index contributed by atoms with van der Waals surface area (Å²) in [5, 5.41) is 10.8. The van der Waals surface area contributed by atoms with Crippen molar-refractivity contribution in [1.82, 2.24) is 9.97 Å². The number of anilines is 1. The second kappa shape index (κ2) is 5.49. The number of aliphatic hydroxyl groups is 1. The van der Waals surface area contributed by atoms with Gasteiger partial charge in [-0.1, -0.05) is 24.4 Å². The molecule has 0 saturated heterocycles. The van der Waals surface area contributed by atoms with Crippen LogP contribution in [0.3, 0.4) is 0 Å². The maximum Gasteiger partial charge on any atom is 0.137 e. The maximum atomic E-state index is 10.2. The molecule has 4 nitrogen and oxygen atoms in total. The van der Waals surface area contributed by atoms with Gasteiger partial charge >= 0.3 is 0 Å². The molecule has 2 atom stereocenters. The molecule has 1 heterocycles. The van der Waals surface area contributed by atoms with Crippen LogP contribution in [0.5, 0.6) is 0 Å². The quantitative estimate of drug-likeness (QED) is 0.871. The summed E-state index contributed by atoms with van der Waals surface area (Å²) in [6.07, 6.45) is 6.22. The van der Waals surface area contributed by atoms with E-state index in [9.17, 15) is 5.11 Å². The van der Waals surface area contributed by atoms with Crippen LogP contribution in [0.25, 0.3) is 0 Å². The predicted molar refractivity (Wildman–Crippen MR) is 80.4 cm³/mol. The van der Waals surface area contributed by atoms with Crippen molar-refractivity contribution in [2.75, 3.05) is 11.9 Å². The highest BCUT2D eigenvalue weighted by atomic mass is 35.5. The molecule has 0 spiro atoms. The molecule has 0 bridgehead atoms. The Kier molecular flexibility index (Phi) is 3.87. The molecule has 0 amide bonds. The van der Waals surface area contributed by atoms with Gasteiger partial charge in [-0.05, 0) is 32.6 Å². The Hall–Kier alpha value is -0.870. The fourth-order valence-corrected chi connectivity index (χ4v) is 3.23. The van der Waals surface area contributed by atoms with Crippen molar-refractivity contribution >= 4 is 17.4 Å². The minimum atomic E-state index is -0.272. The van der Waals surface area contributed by atoms with E-state index in [4.69, 9.17) is 16.6 Å². The van der Waals surface area contributed by atoms with E-state index in [0.29, 0.717) is 11.1 Å². The molecular weight excluding hydrogens is 274 g/mol. The number of nitrogens with zero attached hydrogens (tertiary/aromatic N) is 3. The van der Waals surface area contributed by atoms with Crippen molar-refractivity contribution in [1.29, 1.82) is 0 Å². The summed E-state index contributed by atoms with van der Waals surface area (Å²) in [4.78, 5) is 11.2. The van der Waals surface area contributed by atoms with E-state index in [1.165, 1.54) is 6.42 Å². The molecule has 0 aliphatic heterocycles. The summed E-state index contributed by atoms with van der Waals surface area (Å²) in [5.74, 6) is 2.24. The molecule has 2 fully saturated rings. The van der Waals surface area contributed by atoms with E-state index in [-0.39, 0.29) is 12.1 Å². The van der Waals surface area contributed by atoms with Crippen molar-refractivity contribution < 1.29 is 5.11 Å². The molecule has 5 heteroatoms. The Bertz CT molecular complexity index is 504. The monoisotopic (exact) mass is 295 g/mol. The summed E-state index contributed by atoms with van der Waals surface area (Å²) < 4.78 is 0. The Morgan fingerprint density at radius 2 is 1.85 bits per heavy atom. The minimum absolute atomic E-state index is 0.139. The lowest BCUT2D eigenvalue weighted by molar-refractivity contribution is 0.106. The topological polar surface area (TPSA) is 49.2 Å². The van der Waals surface area contributed by atoms with Crippen LogP contribution in [-0.2, 0) is 0 Å². The van der Waals surface area contributed by atoms with Gasteiger partial charge in [-0.3, -0.25) is 0 Å². The van der Waals surface area contributed by atoms with Gasteiger partial charge in [0.2, 0.25) is 0 Å². The molecular formula is C15H22ClN3O. The molecule has 3 rings (SSSR count). The van der Waals surface area contributed by atoms with Gasteiger partial charge in [-0.15, -0.1) is 0 Å².